The molecule has 1 fully saturated rings. The lowest BCUT2D eigenvalue weighted by atomic mass is 9.78. The van der Waals surface area contributed by atoms with Gasteiger partial charge in [0.15, 0.2) is 0 Å². The Bertz CT molecular complexity index is 161. The van der Waals surface area contributed by atoms with Crippen LogP contribution in [0.3, 0.4) is 0 Å². The molecule has 0 spiro atoms. The molecule has 0 bridgehead atoms. The molecule has 16 heavy (non-hydrogen) atoms. The first-order valence-corrected chi connectivity index (χ1v) is 7.06. The minimum Gasteiger partial charge on any atom is -0.383 e. The van der Waals surface area contributed by atoms with Crippen LogP contribution in [0.5, 0.6) is 0 Å². The van der Waals surface area contributed by atoms with Crippen molar-refractivity contribution in [3.05, 3.63) is 0 Å². The summed E-state index contributed by atoms with van der Waals surface area (Å²) >= 11 is 0. The summed E-state index contributed by atoms with van der Waals surface area (Å²) < 4.78 is 5.00. The highest BCUT2D eigenvalue weighted by molar-refractivity contribution is 4.72. The van der Waals surface area contributed by atoms with Crippen molar-refractivity contribution in [3.63, 3.8) is 0 Å². The topological polar surface area (TPSA) is 21.3 Å². The van der Waals surface area contributed by atoms with Gasteiger partial charge < -0.3 is 10.1 Å². The highest BCUT2D eigenvalue weighted by atomic mass is 16.5. The minimum absolute atomic E-state index is 0.835. The first-order valence-electron chi connectivity index (χ1n) is 7.06. The lowest BCUT2D eigenvalue weighted by Gasteiger charge is -2.28. The summed E-state index contributed by atoms with van der Waals surface area (Å²) in [5.74, 6) is 2.04. The highest BCUT2D eigenvalue weighted by Crippen LogP contribution is 2.33. The molecule has 2 unspecified atom stereocenters. The van der Waals surface area contributed by atoms with Gasteiger partial charge in [0.05, 0.1) is 6.61 Å². The third-order valence-electron chi connectivity index (χ3n) is 3.92. The van der Waals surface area contributed by atoms with E-state index in [2.05, 4.69) is 12.2 Å². The molecular formula is C14H29NO. The monoisotopic (exact) mass is 227 g/mol. The van der Waals surface area contributed by atoms with Gasteiger partial charge in [0, 0.05) is 13.7 Å². The third kappa shape index (κ3) is 5.86. The minimum atomic E-state index is 0.835. The van der Waals surface area contributed by atoms with Crippen LogP contribution in [0.1, 0.15) is 51.9 Å². The summed E-state index contributed by atoms with van der Waals surface area (Å²) in [5, 5.41) is 3.43. The largest absolute Gasteiger partial charge is 0.383 e. The molecule has 0 aromatic heterocycles. The van der Waals surface area contributed by atoms with E-state index < -0.39 is 0 Å². The Morgan fingerprint density at radius 2 is 2.00 bits per heavy atom. The zero-order chi connectivity index (χ0) is 11.6. The highest BCUT2D eigenvalue weighted by Gasteiger charge is 2.19. The standard InChI is InChI=1S/C14H29NO/c1-3-13-6-4-7-14(12-13)8-5-9-15-10-11-16-2/h13-15H,3-12H2,1-2H3. The van der Waals surface area contributed by atoms with E-state index in [1.54, 1.807) is 7.11 Å². The summed E-state index contributed by atoms with van der Waals surface area (Å²) in [6.45, 7) is 5.34. The van der Waals surface area contributed by atoms with E-state index >= 15 is 0 Å². The molecular weight excluding hydrogens is 198 g/mol. The lowest BCUT2D eigenvalue weighted by Crippen LogP contribution is -2.22. The van der Waals surface area contributed by atoms with Gasteiger partial charge in [-0.3, -0.25) is 0 Å². The molecule has 1 aliphatic carbocycles. The Morgan fingerprint density at radius 3 is 2.75 bits per heavy atom. The molecule has 0 radical (unpaired) electrons. The number of hydrogen-bond acceptors (Lipinski definition) is 2. The third-order valence-corrected chi connectivity index (χ3v) is 3.92. The molecule has 0 heterocycles. The lowest BCUT2D eigenvalue weighted by molar-refractivity contribution is 0.198. The van der Waals surface area contributed by atoms with Crippen molar-refractivity contribution in [2.24, 2.45) is 11.8 Å². The van der Waals surface area contributed by atoms with Crippen molar-refractivity contribution < 1.29 is 4.74 Å². The Hall–Kier alpha value is -0.0800. The first-order chi connectivity index (χ1) is 7.86. The fourth-order valence-corrected chi connectivity index (χ4v) is 2.85. The molecule has 2 nitrogen and oxygen atoms in total. The molecule has 2 atom stereocenters. The predicted molar refractivity (Wildman–Crippen MR) is 69.7 cm³/mol. The van der Waals surface area contributed by atoms with Crippen LogP contribution in [-0.2, 0) is 4.74 Å². The van der Waals surface area contributed by atoms with E-state index in [0.717, 1.165) is 31.5 Å². The number of methoxy groups -OCH3 is 1. The molecule has 0 saturated heterocycles. The average Bonchev–Trinajstić information content (AvgIpc) is 2.34. The van der Waals surface area contributed by atoms with Crippen LogP contribution in [0.4, 0.5) is 0 Å². The molecule has 96 valence electrons. The maximum atomic E-state index is 5.00. The summed E-state index contributed by atoms with van der Waals surface area (Å²) in [4.78, 5) is 0. The number of ether oxygens (including phenoxy) is 1. The van der Waals surface area contributed by atoms with Crippen molar-refractivity contribution in [1.82, 2.24) is 5.32 Å². The Morgan fingerprint density at radius 1 is 1.19 bits per heavy atom. The summed E-state index contributed by atoms with van der Waals surface area (Å²) in [5.41, 5.74) is 0. The summed E-state index contributed by atoms with van der Waals surface area (Å²) in [6, 6.07) is 0. The van der Waals surface area contributed by atoms with Gasteiger partial charge in [-0.25, -0.2) is 0 Å². The van der Waals surface area contributed by atoms with Gasteiger partial charge in [0.1, 0.15) is 0 Å². The van der Waals surface area contributed by atoms with Crippen molar-refractivity contribution in [2.45, 2.75) is 51.9 Å². The Balaban J connectivity index is 1.95. The van der Waals surface area contributed by atoms with Crippen LogP contribution in [0.2, 0.25) is 0 Å². The van der Waals surface area contributed by atoms with E-state index in [0.29, 0.717) is 0 Å². The smallest absolute Gasteiger partial charge is 0.0587 e. The maximum Gasteiger partial charge on any atom is 0.0587 e. The average molecular weight is 227 g/mol. The normalized spacial score (nSPS) is 25.9. The van der Waals surface area contributed by atoms with Gasteiger partial charge in [0.2, 0.25) is 0 Å². The number of hydrogen-bond donors (Lipinski definition) is 1. The van der Waals surface area contributed by atoms with Crippen molar-refractivity contribution >= 4 is 0 Å². The summed E-state index contributed by atoms with van der Waals surface area (Å²) in [7, 11) is 1.76. The zero-order valence-corrected chi connectivity index (χ0v) is 11.1. The van der Waals surface area contributed by atoms with E-state index in [1.807, 2.05) is 0 Å². The second-order valence-corrected chi connectivity index (χ2v) is 5.19. The molecule has 1 N–H and O–H groups in total. The first kappa shape index (κ1) is 14.0. The van der Waals surface area contributed by atoms with E-state index in [9.17, 15) is 0 Å². The van der Waals surface area contributed by atoms with Crippen molar-refractivity contribution in [2.75, 3.05) is 26.8 Å². The fraction of sp³-hybridized carbons (Fsp3) is 1.00. The fourth-order valence-electron chi connectivity index (χ4n) is 2.85. The van der Waals surface area contributed by atoms with Crippen LogP contribution < -0.4 is 5.32 Å². The van der Waals surface area contributed by atoms with Crippen LogP contribution in [-0.4, -0.2) is 26.8 Å². The van der Waals surface area contributed by atoms with Crippen LogP contribution in [0.15, 0.2) is 0 Å². The van der Waals surface area contributed by atoms with E-state index in [4.69, 9.17) is 4.74 Å². The zero-order valence-electron chi connectivity index (χ0n) is 11.1. The molecule has 1 saturated carbocycles. The molecule has 0 aromatic rings. The van der Waals surface area contributed by atoms with Crippen LogP contribution in [0, 0.1) is 11.8 Å². The van der Waals surface area contributed by atoms with Crippen LogP contribution in [0.25, 0.3) is 0 Å². The van der Waals surface area contributed by atoms with Gasteiger partial charge >= 0.3 is 0 Å². The molecule has 0 aromatic carbocycles. The van der Waals surface area contributed by atoms with Gasteiger partial charge in [0.25, 0.3) is 0 Å². The molecule has 1 rings (SSSR count). The SMILES string of the molecule is CCC1CCCC(CCCNCCOC)C1. The number of rotatable bonds is 8. The maximum absolute atomic E-state index is 5.00. The number of nitrogens with one attached hydrogen (secondary N) is 1. The quantitative estimate of drug-likeness (QED) is 0.643. The predicted octanol–water partition coefficient (Wildman–Crippen LogP) is 3.22. The molecule has 1 aliphatic rings. The van der Waals surface area contributed by atoms with Gasteiger partial charge in [-0.2, -0.15) is 0 Å². The molecule has 0 amide bonds. The molecule has 2 heteroatoms. The van der Waals surface area contributed by atoms with Crippen LogP contribution >= 0.6 is 0 Å². The van der Waals surface area contributed by atoms with Gasteiger partial charge in [-0.1, -0.05) is 32.6 Å². The second-order valence-electron chi connectivity index (χ2n) is 5.19. The van der Waals surface area contributed by atoms with Crippen molar-refractivity contribution in [3.8, 4) is 0 Å². The molecule has 0 aliphatic heterocycles. The second kappa shape index (κ2) is 9.00. The van der Waals surface area contributed by atoms with Gasteiger partial charge in [-0.15, -0.1) is 0 Å². The Labute approximate surface area is 101 Å². The van der Waals surface area contributed by atoms with Gasteiger partial charge in [-0.05, 0) is 37.6 Å². The van der Waals surface area contributed by atoms with E-state index in [-0.39, 0.29) is 0 Å². The summed E-state index contributed by atoms with van der Waals surface area (Å²) in [6.07, 6.45) is 10.1. The Kier molecular flexibility index (Phi) is 7.87. The van der Waals surface area contributed by atoms with E-state index in [1.165, 1.54) is 44.9 Å². The van der Waals surface area contributed by atoms with Crippen molar-refractivity contribution in [1.29, 1.82) is 0 Å².